The Morgan fingerprint density at radius 3 is 2.68 bits per heavy atom. The van der Waals surface area contributed by atoms with E-state index in [1.54, 1.807) is 4.90 Å². The largest absolute Gasteiger partial charge is 0.379 e. The summed E-state index contributed by atoms with van der Waals surface area (Å²) in [4.78, 5) is 16.4. The van der Waals surface area contributed by atoms with E-state index in [4.69, 9.17) is 9.47 Å². The maximum atomic E-state index is 12.3. The number of morpholine rings is 1. The van der Waals surface area contributed by atoms with Gasteiger partial charge in [0.05, 0.1) is 19.3 Å². The molecule has 3 rings (SSSR count). The third-order valence-corrected chi connectivity index (χ3v) is 4.87. The minimum atomic E-state index is -0.0865. The summed E-state index contributed by atoms with van der Waals surface area (Å²) in [7, 11) is 1.81. The number of hydrogen-bond donors (Lipinski definition) is 1. The lowest BCUT2D eigenvalue weighted by Crippen LogP contribution is -2.37. The van der Waals surface area contributed by atoms with Crippen LogP contribution in [-0.2, 0) is 15.9 Å². The zero-order chi connectivity index (χ0) is 17.5. The molecule has 2 amide bonds. The minimum Gasteiger partial charge on any atom is -0.379 e. The third kappa shape index (κ3) is 5.70. The van der Waals surface area contributed by atoms with Crippen LogP contribution in [-0.4, -0.2) is 75.0 Å². The SMILES string of the molecule is CN(CC1CCCO1)C(=O)Nc1ccc(CCN2CCOCC2)cc1. The molecule has 1 aromatic carbocycles. The molecule has 25 heavy (non-hydrogen) atoms. The number of urea groups is 1. The van der Waals surface area contributed by atoms with Crippen molar-refractivity contribution in [2.24, 2.45) is 0 Å². The van der Waals surface area contributed by atoms with Crippen molar-refractivity contribution in [3.63, 3.8) is 0 Å². The van der Waals surface area contributed by atoms with Gasteiger partial charge in [-0.1, -0.05) is 12.1 Å². The number of nitrogens with zero attached hydrogens (tertiary/aromatic N) is 2. The topological polar surface area (TPSA) is 54.0 Å². The number of anilines is 1. The van der Waals surface area contributed by atoms with Gasteiger partial charge in [-0.25, -0.2) is 4.79 Å². The van der Waals surface area contributed by atoms with Crippen LogP contribution in [0, 0.1) is 0 Å². The van der Waals surface area contributed by atoms with Gasteiger partial charge in [0.1, 0.15) is 0 Å². The number of nitrogens with one attached hydrogen (secondary N) is 1. The van der Waals surface area contributed by atoms with Crippen molar-refractivity contribution in [3.05, 3.63) is 29.8 Å². The highest BCUT2D eigenvalue weighted by Gasteiger charge is 2.20. The van der Waals surface area contributed by atoms with Crippen LogP contribution in [0.4, 0.5) is 10.5 Å². The quantitative estimate of drug-likeness (QED) is 0.857. The van der Waals surface area contributed by atoms with Crippen molar-refractivity contribution >= 4 is 11.7 Å². The molecule has 2 heterocycles. The summed E-state index contributed by atoms with van der Waals surface area (Å²) in [6.45, 7) is 6.22. The summed E-state index contributed by atoms with van der Waals surface area (Å²) in [5.41, 5.74) is 2.12. The number of carbonyl (C=O) groups excluding carboxylic acids is 1. The predicted molar refractivity (Wildman–Crippen MR) is 98.0 cm³/mol. The Bertz CT molecular complexity index is 537. The fourth-order valence-electron chi connectivity index (χ4n) is 3.26. The first-order valence-corrected chi connectivity index (χ1v) is 9.23. The van der Waals surface area contributed by atoms with Crippen LogP contribution in [0.2, 0.25) is 0 Å². The van der Waals surface area contributed by atoms with Crippen molar-refractivity contribution in [2.75, 3.05) is 58.4 Å². The first-order chi connectivity index (χ1) is 12.2. The lowest BCUT2D eigenvalue weighted by atomic mass is 10.1. The molecule has 2 fully saturated rings. The zero-order valence-corrected chi connectivity index (χ0v) is 15.1. The molecule has 0 aliphatic carbocycles. The fourth-order valence-corrected chi connectivity index (χ4v) is 3.26. The van der Waals surface area contributed by atoms with Gasteiger partial charge in [-0.05, 0) is 37.0 Å². The van der Waals surface area contributed by atoms with E-state index in [9.17, 15) is 4.79 Å². The Kier molecular flexibility index (Phi) is 6.67. The van der Waals surface area contributed by atoms with Crippen LogP contribution >= 0.6 is 0 Å². The number of carbonyl (C=O) groups is 1. The fraction of sp³-hybridized carbons (Fsp3) is 0.632. The molecule has 1 aromatic rings. The molecule has 1 atom stereocenters. The van der Waals surface area contributed by atoms with E-state index in [1.807, 2.05) is 19.2 Å². The van der Waals surface area contributed by atoms with E-state index in [0.29, 0.717) is 6.54 Å². The molecule has 1 N–H and O–H groups in total. The number of benzene rings is 1. The monoisotopic (exact) mass is 347 g/mol. The predicted octanol–water partition coefficient (Wildman–Crippen LogP) is 2.20. The van der Waals surface area contributed by atoms with Crippen LogP contribution < -0.4 is 5.32 Å². The minimum absolute atomic E-state index is 0.0865. The van der Waals surface area contributed by atoms with Gasteiger partial charge in [0.2, 0.25) is 0 Å². The van der Waals surface area contributed by atoms with Crippen LogP contribution in [0.5, 0.6) is 0 Å². The molecular weight excluding hydrogens is 318 g/mol. The molecule has 138 valence electrons. The maximum Gasteiger partial charge on any atom is 0.321 e. The van der Waals surface area contributed by atoms with E-state index in [0.717, 1.165) is 64.4 Å². The van der Waals surface area contributed by atoms with Crippen LogP contribution in [0.15, 0.2) is 24.3 Å². The Labute approximate surface area is 150 Å². The van der Waals surface area contributed by atoms with Crippen LogP contribution in [0.25, 0.3) is 0 Å². The van der Waals surface area contributed by atoms with Gasteiger partial charge >= 0.3 is 6.03 Å². The molecule has 1 unspecified atom stereocenters. The molecule has 0 saturated carbocycles. The molecule has 2 aliphatic heterocycles. The Hall–Kier alpha value is -1.63. The highest BCUT2D eigenvalue weighted by Crippen LogP contribution is 2.15. The van der Waals surface area contributed by atoms with Crippen molar-refractivity contribution in [2.45, 2.75) is 25.4 Å². The lowest BCUT2D eigenvalue weighted by molar-refractivity contribution is 0.0384. The third-order valence-electron chi connectivity index (χ3n) is 4.87. The number of rotatable bonds is 6. The maximum absolute atomic E-state index is 12.3. The smallest absolute Gasteiger partial charge is 0.321 e. The second kappa shape index (κ2) is 9.17. The molecule has 6 heteroatoms. The van der Waals surface area contributed by atoms with Crippen molar-refractivity contribution < 1.29 is 14.3 Å². The Balaban J connectivity index is 1.42. The first kappa shape index (κ1) is 18.2. The van der Waals surface area contributed by atoms with Gasteiger partial charge in [0.15, 0.2) is 0 Å². The van der Waals surface area contributed by atoms with E-state index in [-0.39, 0.29) is 12.1 Å². The second-order valence-electron chi connectivity index (χ2n) is 6.85. The number of likely N-dealkylation sites (N-methyl/N-ethyl adjacent to an activating group) is 1. The molecular formula is C19H29N3O3. The van der Waals surface area contributed by atoms with Gasteiger partial charge in [0, 0.05) is 45.5 Å². The van der Waals surface area contributed by atoms with E-state index in [2.05, 4.69) is 22.3 Å². The average molecular weight is 347 g/mol. The van der Waals surface area contributed by atoms with Crippen molar-refractivity contribution in [1.82, 2.24) is 9.80 Å². The summed E-state index contributed by atoms with van der Waals surface area (Å²) in [6.07, 6.45) is 3.33. The average Bonchev–Trinajstić information content (AvgIpc) is 3.15. The standard InChI is InChI=1S/C19H29N3O3/c1-21(15-18-3-2-12-25-18)19(23)20-17-6-4-16(5-7-17)8-9-22-10-13-24-14-11-22/h4-7,18H,2-3,8-15H2,1H3,(H,20,23). The summed E-state index contributed by atoms with van der Waals surface area (Å²) in [5.74, 6) is 0. The molecule has 2 saturated heterocycles. The normalized spacial score (nSPS) is 21.2. The molecule has 6 nitrogen and oxygen atoms in total. The van der Waals surface area contributed by atoms with Gasteiger partial charge in [-0.2, -0.15) is 0 Å². The molecule has 2 aliphatic rings. The number of hydrogen-bond acceptors (Lipinski definition) is 4. The second-order valence-corrected chi connectivity index (χ2v) is 6.85. The van der Waals surface area contributed by atoms with Crippen LogP contribution in [0.3, 0.4) is 0 Å². The molecule has 0 aromatic heterocycles. The molecule has 0 radical (unpaired) electrons. The lowest BCUT2D eigenvalue weighted by Gasteiger charge is -2.26. The van der Waals surface area contributed by atoms with Crippen LogP contribution in [0.1, 0.15) is 18.4 Å². The number of ether oxygens (including phenoxy) is 2. The van der Waals surface area contributed by atoms with Crippen molar-refractivity contribution in [1.29, 1.82) is 0 Å². The zero-order valence-electron chi connectivity index (χ0n) is 15.1. The van der Waals surface area contributed by atoms with E-state index < -0.39 is 0 Å². The first-order valence-electron chi connectivity index (χ1n) is 9.23. The van der Waals surface area contributed by atoms with Gasteiger partial charge in [0.25, 0.3) is 0 Å². The van der Waals surface area contributed by atoms with E-state index >= 15 is 0 Å². The Morgan fingerprint density at radius 2 is 2.00 bits per heavy atom. The highest BCUT2D eigenvalue weighted by molar-refractivity contribution is 5.89. The summed E-state index contributed by atoms with van der Waals surface area (Å²) < 4.78 is 11.0. The van der Waals surface area contributed by atoms with Crippen molar-refractivity contribution in [3.8, 4) is 0 Å². The summed E-state index contributed by atoms with van der Waals surface area (Å²) in [6, 6.07) is 8.06. The molecule has 0 spiro atoms. The Morgan fingerprint density at radius 1 is 1.24 bits per heavy atom. The van der Waals surface area contributed by atoms with E-state index in [1.165, 1.54) is 5.56 Å². The molecule has 0 bridgehead atoms. The van der Waals surface area contributed by atoms with Gasteiger partial charge in [-0.15, -0.1) is 0 Å². The summed E-state index contributed by atoms with van der Waals surface area (Å²) >= 11 is 0. The highest BCUT2D eigenvalue weighted by atomic mass is 16.5. The van der Waals surface area contributed by atoms with Gasteiger partial charge < -0.3 is 19.7 Å². The van der Waals surface area contributed by atoms with Gasteiger partial charge in [-0.3, -0.25) is 4.90 Å². The summed E-state index contributed by atoms with van der Waals surface area (Å²) in [5, 5.41) is 2.95. The number of amides is 2.